The SMILES string of the molecule is C[C@H](OC[C@@H]1CCCCO1)C(=O)O[C@H]1CCCCC1=O. The molecule has 0 N–H and O–H groups in total. The predicted molar refractivity (Wildman–Crippen MR) is 72.4 cm³/mol. The highest BCUT2D eigenvalue weighted by Crippen LogP contribution is 2.18. The summed E-state index contributed by atoms with van der Waals surface area (Å²) >= 11 is 0. The number of carbonyl (C=O) groups is 2. The molecule has 2 aliphatic rings. The molecule has 1 saturated carbocycles. The van der Waals surface area contributed by atoms with Gasteiger partial charge in [-0.1, -0.05) is 0 Å². The van der Waals surface area contributed by atoms with E-state index >= 15 is 0 Å². The van der Waals surface area contributed by atoms with Crippen LogP contribution in [0.1, 0.15) is 51.9 Å². The fourth-order valence-corrected chi connectivity index (χ4v) is 2.57. The molecule has 1 heterocycles. The molecule has 0 unspecified atom stereocenters. The average molecular weight is 284 g/mol. The molecule has 5 heteroatoms. The van der Waals surface area contributed by atoms with Gasteiger partial charge < -0.3 is 14.2 Å². The molecule has 114 valence electrons. The van der Waals surface area contributed by atoms with Crippen molar-refractivity contribution < 1.29 is 23.8 Å². The minimum Gasteiger partial charge on any atom is -0.452 e. The number of esters is 1. The molecule has 3 atom stereocenters. The molecule has 1 aliphatic carbocycles. The van der Waals surface area contributed by atoms with Crippen molar-refractivity contribution in [2.45, 2.75) is 70.2 Å². The minimum absolute atomic E-state index is 0.0346. The molecule has 1 aliphatic heterocycles. The van der Waals surface area contributed by atoms with Crippen molar-refractivity contribution in [3.8, 4) is 0 Å². The van der Waals surface area contributed by atoms with Crippen molar-refractivity contribution in [2.24, 2.45) is 0 Å². The molecular weight excluding hydrogens is 260 g/mol. The van der Waals surface area contributed by atoms with Gasteiger partial charge in [-0.15, -0.1) is 0 Å². The quantitative estimate of drug-likeness (QED) is 0.723. The van der Waals surface area contributed by atoms with E-state index in [0.717, 1.165) is 38.7 Å². The second-order valence-corrected chi connectivity index (χ2v) is 5.60. The van der Waals surface area contributed by atoms with Crippen LogP contribution in [-0.2, 0) is 23.8 Å². The molecule has 0 radical (unpaired) electrons. The summed E-state index contributed by atoms with van der Waals surface area (Å²) in [4.78, 5) is 23.5. The van der Waals surface area contributed by atoms with Gasteiger partial charge in [0.1, 0.15) is 0 Å². The summed E-state index contributed by atoms with van der Waals surface area (Å²) in [6.07, 6.45) is 5.09. The van der Waals surface area contributed by atoms with Gasteiger partial charge in [0, 0.05) is 13.0 Å². The zero-order valence-corrected chi connectivity index (χ0v) is 12.1. The maximum atomic E-state index is 11.9. The second-order valence-electron chi connectivity index (χ2n) is 5.60. The fourth-order valence-electron chi connectivity index (χ4n) is 2.57. The smallest absolute Gasteiger partial charge is 0.335 e. The first-order valence-corrected chi connectivity index (χ1v) is 7.63. The first-order valence-electron chi connectivity index (χ1n) is 7.63. The Balaban J connectivity index is 1.69. The van der Waals surface area contributed by atoms with Crippen LogP contribution in [0.2, 0.25) is 0 Å². The Kier molecular flexibility index (Phi) is 5.98. The Morgan fingerprint density at radius 3 is 2.80 bits per heavy atom. The molecule has 1 saturated heterocycles. The molecule has 0 spiro atoms. The van der Waals surface area contributed by atoms with Gasteiger partial charge in [0.25, 0.3) is 0 Å². The van der Waals surface area contributed by atoms with E-state index in [-0.39, 0.29) is 11.9 Å². The Bertz CT molecular complexity index is 335. The third-order valence-corrected chi connectivity index (χ3v) is 3.90. The van der Waals surface area contributed by atoms with E-state index < -0.39 is 18.2 Å². The van der Waals surface area contributed by atoms with Crippen molar-refractivity contribution in [3.05, 3.63) is 0 Å². The van der Waals surface area contributed by atoms with Gasteiger partial charge in [-0.3, -0.25) is 4.79 Å². The van der Waals surface area contributed by atoms with E-state index in [1.807, 2.05) is 0 Å². The van der Waals surface area contributed by atoms with E-state index in [9.17, 15) is 9.59 Å². The average Bonchev–Trinajstić information content (AvgIpc) is 2.48. The maximum Gasteiger partial charge on any atom is 0.335 e. The van der Waals surface area contributed by atoms with Gasteiger partial charge >= 0.3 is 5.97 Å². The zero-order valence-electron chi connectivity index (χ0n) is 12.1. The topological polar surface area (TPSA) is 61.8 Å². The van der Waals surface area contributed by atoms with Crippen molar-refractivity contribution in [1.82, 2.24) is 0 Å². The van der Waals surface area contributed by atoms with Crippen LogP contribution in [0.15, 0.2) is 0 Å². The lowest BCUT2D eigenvalue weighted by atomic mass is 9.96. The fraction of sp³-hybridized carbons (Fsp3) is 0.867. The van der Waals surface area contributed by atoms with E-state index in [1.54, 1.807) is 6.92 Å². The lowest BCUT2D eigenvalue weighted by molar-refractivity contribution is -0.169. The monoisotopic (exact) mass is 284 g/mol. The third-order valence-electron chi connectivity index (χ3n) is 3.90. The lowest BCUT2D eigenvalue weighted by Crippen LogP contribution is -2.36. The standard InChI is InChI=1S/C15H24O5/c1-11(19-10-12-6-4-5-9-18-12)15(17)20-14-8-3-2-7-13(14)16/h11-12,14H,2-10H2,1H3/t11-,12-,14-/m0/s1. The molecule has 5 nitrogen and oxygen atoms in total. The van der Waals surface area contributed by atoms with Crippen LogP contribution in [-0.4, -0.2) is 43.3 Å². The molecule has 20 heavy (non-hydrogen) atoms. The number of hydrogen-bond acceptors (Lipinski definition) is 5. The first-order chi connectivity index (χ1) is 9.66. The highest BCUT2D eigenvalue weighted by Gasteiger charge is 2.28. The Hall–Kier alpha value is -0.940. The largest absolute Gasteiger partial charge is 0.452 e. The molecule has 2 rings (SSSR count). The Morgan fingerprint density at radius 1 is 1.30 bits per heavy atom. The van der Waals surface area contributed by atoms with E-state index in [2.05, 4.69) is 0 Å². The summed E-state index contributed by atoms with van der Waals surface area (Å²) in [7, 11) is 0. The molecule has 0 aromatic rings. The minimum atomic E-state index is -0.643. The second kappa shape index (κ2) is 7.74. The Labute approximate surface area is 120 Å². The van der Waals surface area contributed by atoms with Gasteiger partial charge in [0.15, 0.2) is 18.0 Å². The number of ether oxygens (including phenoxy) is 3. The Morgan fingerprint density at radius 2 is 2.10 bits per heavy atom. The summed E-state index contributed by atoms with van der Waals surface area (Å²) < 4.78 is 16.3. The van der Waals surface area contributed by atoms with E-state index in [0.29, 0.717) is 19.4 Å². The highest BCUT2D eigenvalue weighted by atomic mass is 16.6. The summed E-state index contributed by atoms with van der Waals surface area (Å²) in [6.45, 7) is 2.84. The van der Waals surface area contributed by atoms with Crippen LogP contribution < -0.4 is 0 Å². The number of carbonyl (C=O) groups excluding carboxylic acids is 2. The summed E-state index contributed by atoms with van der Waals surface area (Å²) in [5.41, 5.74) is 0. The van der Waals surface area contributed by atoms with Crippen LogP contribution >= 0.6 is 0 Å². The number of hydrogen-bond donors (Lipinski definition) is 0. The van der Waals surface area contributed by atoms with Gasteiger partial charge in [-0.2, -0.15) is 0 Å². The maximum absolute atomic E-state index is 11.9. The van der Waals surface area contributed by atoms with Crippen LogP contribution in [0.25, 0.3) is 0 Å². The zero-order chi connectivity index (χ0) is 14.4. The van der Waals surface area contributed by atoms with Crippen molar-refractivity contribution >= 4 is 11.8 Å². The third kappa shape index (κ3) is 4.56. The van der Waals surface area contributed by atoms with E-state index in [1.165, 1.54) is 0 Å². The van der Waals surface area contributed by atoms with Gasteiger partial charge in [0.2, 0.25) is 0 Å². The van der Waals surface area contributed by atoms with Gasteiger partial charge in [-0.25, -0.2) is 4.79 Å². The summed E-state index contributed by atoms with van der Waals surface area (Å²) in [6, 6.07) is 0. The van der Waals surface area contributed by atoms with Crippen LogP contribution in [0, 0.1) is 0 Å². The van der Waals surface area contributed by atoms with E-state index in [4.69, 9.17) is 14.2 Å². The molecular formula is C15H24O5. The number of rotatable bonds is 5. The summed E-state index contributed by atoms with van der Waals surface area (Å²) in [5.74, 6) is -0.409. The molecule has 0 aromatic heterocycles. The molecule has 0 bridgehead atoms. The van der Waals surface area contributed by atoms with Crippen molar-refractivity contribution in [3.63, 3.8) is 0 Å². The highest BCUT2D eigenvalue weighted by molar-refractivity contribution is 5.86. The van der Waals surface area contributed by atoms with Crippen LogP contribution in [0.3, 0.4) is 0 Å². The van der Waals surface area contributed by atoms with Gasteiger partial charge in [0.05, 0.1) is 12.7 Å². The normalized spacial score (nSPS) is 28.9. The van der Waals surface area contributed by atoms with Crippen LogP contribution in [0.5, 0.6) is 0 Å². The van der Waals surface area contributed by atoms with Gasteiger partial charge in [-0.05, 0) is 45.4 Å². The molecule has 0 amide bonds. The van der Waals surface area contributed by atoms with Crippen molar-refractivity contribution in [2.75, 3.05) is 13.2 Å². The summed E-state index contributed by atoms with van der Waals surface area (Å²) in [5, 5.41) is 0. The predicted octanol–water partition coefficient (Wildman–Crippen LogP) is 2.02. The van der Waals surface area contributed by atoms with Crippen molar-refractivity contribution in [1.29, 1.82) is 0 Å². The van der Waals surface area contributed by atoms with Crippen LogP contribution in [0.4, 0.5) is 0 Å². The first kappa shape index (κ1) is 15.4. The lowest BCUT2D eigenvalue weighted by Gasteiger charge is -2.25. The molecule has 2 fully saturated rings. The molecule has 0 aromatic carbocycles. The number of Topliss-reactive ketones (excluding diaryl/α,β-unsaturated/α-hetero) is 1. The number of ketones is 1.